The lowest BCUT2D eigenvalue weighted by atomic mass is 10.0. The molecule has 3 fully saturated rings. The van der Waals surface area contributed by atoms with E-state index in [0.717, 1.165) is 24.2 Å². The summed E-state index contributed by atoms with van der Waals surface area (Å²) in [6.07, 6.45) is -0.0947. The van der Waals surface area contributed by atoms with E-state index < -0.39 is 29.3 Å². The SMILES string of the molecule is CN1C[C@H](F)C[C@H]1COc1nc(N2CC3CCC(C2)N3C(=O)OC(C)(C)C)c2cc(Cl)c(-c3ccc(F)c4sc(NC(=O)OC(C)(C)C)nc34)c(Cl)c2n1. The predicted molar refractivity (Wildman–Crippen MR) is 207 cm³/mol. The number of nitrogens with zero attached hydrogens (tertiary/aromatic N) is 6. The molecule has 2 amide bonds. The molecule has 1 N–H and O–H groups in total. The molecule has 5 heterocycles. The third-order valence-electron chi connectivity index (χ3n) is 9.64. The molecule has 3 saturated heterocycles. The Morgan fingerprint density at radius 1 is 0.981 bits per heavy atom. The van der Waals surface area contributed by atoms with Crippen LogP contribution in [0.15, 0.2) is 18.2 Å². The van der Waals surface area contributed by atoms with Gasteiger partial charge in [-0.2, -0.15) is 9.97 Å². The Labute approximate surface area is 326 Å². The molecule has 2 unspecified atom stereocenters. The van der Waals surface area contributed by atoms with Gasteiger partial charge in [-0.3, -0.25) is 15.1 Å². The van der Waals surface area contributed by atoms with Crippen molar-refractivity contribution in [2.75, 3.05) is 43.5 Å². The average molecular weight is 807 g/mol. The van der Waals surface area contributed by atoms with E-state index in [4.69, 9.17) is 47.4 Å². The van der Waals surface area contributed by atoms with Crippen LogP contribution in [-0.2, 0) is 9.47 Å². The molecule has 0 radical (unpaired) electrons. The fourth-order valence-corrected chi connectivity index (χ4v) is 8.98. The first-order valence-electron chi connectivity index (χ1n) is 17.9. The first kappa shape index (κ1) is 38.5. The third-order valence-corrected chi connectivity index (χ3v) is 11.3. The number of thiazole rings is 1. The van der Waals surface area contributed by atoms with Crippen LogP contribution in [0.4, 0.5) is 29.3 Å². The molecule has 290 valence electrons. The van der Waals surface area contributed by atoms with Crippen molar-refractivity contribution >= 4 is 78.8 Å². The fraction of sp³-hybridized carbons (Fsp3) is 0.541. The number of piperazine rings is 1. The first-order valence-corrected chi connectivity index (χ1v) is 19.4. The third kappa shape index (κ3) is 7.82. The van der Waals surface area contributed by atoms with E-state index in [9.17, 15) is 14.0 Å². The molecule has 3 aliphatic heterocycles. The quantitative estimate of drug-likeness (QED) is 0.203. The number of fused-ring (bicyclic) bond motifs is 4. The highest BCUT2D eigenvalue weighted by Crippen LogP contribution is 2.46. The second-order valence-corrected chi connectivity index (χ2v) is 17.9. The summed E-state index contributed by atoms with van der Waals surface area (Å²) in [5.74, 6) is -0.0136. The van der Waals surface area contributed by atoms with E-state index in [1.807, 2.05) is 37.6 Å². The molecule has 0 saturated carbocycles. The number of rotatable bonds is 6. The Hall–Kier alpha value is -3.79. The van der Waals surface area contributed by atoms with Crippen molar-refractivity contribution in [1.29, 1.82) is 0 Å². The summed E-state index contributed by atoms with van der Waals surface area (Å²) < 4.78 is 46.9. The predicted octanol–water partition coefficient (Wildman–Crippen LogP) is 8.71. The molecule has 0 spiro atoms. The highest BCUT2D eigenvalue weighted by molar-refractivity contribution is 7.22. The van der Waals surface area contributed by atoms with Crippen LogP contribution in [0.1, 0.15) is 60.8 Å². The van der Waals surface area contributed by atoms with Crippen LogP contribution < -0.4 is 15.0 Å². The largest absolute Gasteiger partial charge is 0.462 e. The van der Waals surface area contributed by atoms with E-state index in [-0.39, 0.29) is 62.2 Å². The summed E-state index contributed by atoms with van der Waals surface area (Å²) in [7, 11) is 1.85. The van der Waals surface area contributed by atoms with E-state index in [2.05, 4.69) is 15.2 Å². The van der Waals surface area contributed by atoms with Crippen LogP contribution in [0.25, 0.3) is 32.2 Å². The number of carbonyl (C=O) groups excluding carboxylic acids is 2. The zero-order valence-corrected chi connectivity index (χ0v) is 33.5. The molecule has 17 heteroatoms. The van der Waals surface area contributed by atoms with E-state index in [1.165, 1.54) is 12.1 Å². The van der Waals surface area contributed by atoms with Crippen molar-refractivity contribution in [2.24, 2.45) is 0 Å². The molecule has 7 rings (SSSR count). The van der Waals surface area contributed by atoms with Crippen molar-refractivity contribution in [1.82, 2.24) is 24.8 Å². The highest BCUT2D eigenvalue weighted by atomic mass is 35.5. The molecule has 2 aromatic carbocycles. The summed E-state index contributed by atoms with van der Waals surface area (Å²) in [6.45, 7) is 12.2. The average Bonchev–Trinajstić information content (AvgIpc) is 3.71. The standard InChI is InChI=1S/C37H43Cl2F2N7O5S/c1-36(2,3)52-34(49)45-33-43-29-22(10-11-25(41)30(29)54-33)26-24(38)13-23-28(27(26)39)42-32(51-17-21-12-18(40)14-46(21)7)44-31(23)47-15-19-8-9-20(16-47)48(19)35(50)53-37(4,5)6/h10-11,13,18-21H,8-9,12,14-17H2,1-7H3,(H,43,45,49)/t18-,19?,20?,21+/m1/s1. The van der Waals surface area contributed by atoms with E-state index in [1.54, 1.807) is 26.8 Å². The Bertz CT molecular complexity index is 2110. The zero-order chi connectivity index (χ0) is 38.9. The maximum atomic E-state index is 15.2. The minimum absolute atomic E-state index is 0.0482. The molecule has 2 bridgehead atoms. The summed E-state index contributed by atoms with van der Waals surface area (Å²) in [5, 5.41) is 3.67. The number of ether oxygens (including phenoxy) is 3. The van der Waals surface area contributed by atoms with Crippen molar-refractivity contribution in [3.8, 4) is 17.1 Å². The summed E-state index contributed by atoms with van der Waals surface area (Å²) >= 11 is 15.3. The molecule has 54 heavy (non-hydrogen) atoms. The fourth-order valence-electron chi connectivity index (χ4n) is 7.40. The van der Waals surface area contributed by atoms with Crippen LogP contribution >= 0.6 is 34.5 Å². The van der Waals surface area contributed by atoms with Gasteiger partial charge in [-0.1, -0.05) is 34.5 Å². The second-order valence-electron chi connectivity index (χ2n) is 16.1. The number of likely N-dealkylation sites (tertiary alicyclic amines) is 1. The van der Waals surface area contributed by atoms with Crippen molar-refractivity contribution in [3.63, 3.8) is 0 Å². The first-order chi connectivity index (χ1) is 25.3. The molecule has 4 aromatic rings. The number of hydrogen-bond acceptors (Lipinski definition) is 11. The molecular formula is C37H43Cl2F2N7O5S. The lowest BCUT2D eigenvalue weighted by molar-refractivity contribution is 0.0122. The maximum Gasteiger partial charge on any atom is 0.413 e. The van der Waals surface area contributed by atoms with Gasteiger partial charge in [0.1, 0.15) is 35.6 Å². The number of anilines is 2. The molecule has 12 nitrogen and oxygen atoms in total. The number of likely N-dealkylation sites (N-methyl/N-ethyl adjacent to an activating group) is 1. The van der Waals surface area contributed by atoms with Gasteiger partial charge >= 0.3 is 18.2 Å². The molecule has 3 aliphatic rings. The van der Waals surface area contributed by atoms with Crippen LogP contribution in [-0.4, -0.2) is 106 Å². The van der Waals surface area contributed by atoms with Gasteiger partial charge in [-0.15, -0.1) is 0 Å². The number of nitrogens with one attached hydrogen (secondary N) is 1. The molecule has 2 aromatic heterocycles. The Kier molecular flexibility index (Phi) is 10.2. The minimum atomic E-state index is -0.953. The molecular weight excluding hydrogens is 763 g/mol. The lowest BCUT2D eigenvalue weighted by Crippen LogP contribution is -2.57. The number of carbonyl (C=O) groups is 2. The van der Waals surface area contributed by atoms with Gasteiger partial charge in [0.2, 0.25) is 0 Å². The maximum absolute atomic E-state index is 15.2. The van der Waals surface area contributed by atoms with Crippen LogP contribution in [0.5, 0.6) is 6.01 Å². The highest BCUT2D eigenvalue weighted by Gasteiger charge is 2.45. The number of amides is 2. The Balaban J connectivity index is 1.29. The smallest absolute Gasteiger partial charge is 0.413 e. The van der Waals surface area contributed by atoms with Gasteiger partial charge in [0.25, 0.3) is 0 Å². The van der Waals surface area contributed by atoms with E-state index >= 15 is 4.39 Å². The Morgan fingerprint density at radius 2 is 1.67 bits per heavy atom. The molecule has 0 aliphatic carbocycles. The summed E-state index contributed by atoms with van der Waals surface area (Å²) in [6, 6.07) is 4.18. The van der Waals surface area contributed by atoms with Crippen LogP contribution in [0, 0.1) is 5.82 Å². The topological polar surface area (TPSA) is 122 Å². The Morgan fingerprint density at radius 3 is 2.30 bits per heavy atom. The van der Waals surface area contributed by atoms with Crippen molar-refractivity contribution in [2.45, 2.75) is 96.3 Å². The van der Waals surface area contributed by atoms with Gasteiger partial charge in [0.05, 0.1) is 37.9 Å². The number of hydrogen-bond donors (Lipinski definition) is 1. The second kappa shape index (κ2) is 14.4. The van der Waals surface area contributed by atoms with Crippen molar-refractivity contribution < 1.29 is 32.6 Å². The van der Waals surface area contributed by atoms with Gasteiger partial charge in [0, 0.05) is 42.2 Å². The molecule has 4 atom stereocenters. The van der Waals surface area contributed by atoms with Crippen molar-refractivity contribution in [3.05, 3.63) is 34.1 Å². The van der Waals surface area contributed by atoms with E-state index in [0.29, 0.717) is 53.9 Å². The van der Waals surface area contributed by atoms with Gasteiger partial charge in [-0.05, 0) is 86.1 Å². The van der Waals surface area contributed by atoms with Crippen LogP contribution in [0.2, 0.25) is 10.0 Å². The minimum Gasteiger partial charge on any atom is -0.462 e. The van der Waals surface area contributed by atoms with Gasteiger partial charge < -0.3 is 19.1 Å². The van der Waals surface area contributed by atoms with Crippen LogP contribution in [0.3, 0.4) is 0 Å². The zero-order valence-electron chi connectivity index (χ0n) is 31.1. The van der Waals surface area contributed by atoms with Gasteiger partial charge in [0.15, 0.2) is 5.13 Å². The number of benzene rings is 2. The number of alkyl halides is 1. The number of aromatic nitrogens is 3. The summed E-state index contributed by atoms with van der Waals surface area (Å²) in [5.41, 5.74) is -0.0357. The monoisotopic (exact) mass is 805 g/mol. The number of halogens is 4. The van der Waals surface area contributed by atoms with Gasteiger partial charge in [-0.25, -0.2) is 23.4 Å². The normalized spacial score (nSPS) is 22.0. The lowest BCUT2D eigenvalue weighted by Gasteiger charge is -2.42. The summed E-state index contributed by atoms with van der Waals surface area (Å²) in [4.78, 5) is 45.8.